The third kappa shape index (κ3) is 7.13. The quantitative estimate of drug-likeness (QED) is 0.306. The highest BCUT2D eigenvalue weighted by Gasteiger charge is 2.28. The van der Waals surface area contributed by atoms with Gasteiger partial charge in [-0.05, 0) is 35.7 Å². The van der Waals surface area contributed by atoms with E-state index in [1.54, 1.807) is 5.19 Å². The molecule has 3 rings (SSSR count). The summed E-state index contributed by atoms with van der Waals surface area (Å²) in [5, 5.41) is 5.80. The van der Waals surface area contributed by atoms with E-state index in [0.717, 1.165) is 12.3 Å². The smallest absolute Gasteiger partial charge is 0.126 e. The second kappa shape index (κ2) is 10.7. The molecule has 0 saturated carbocycles. The minimum Gasteiger partial charge on any atom is -0.488 e. The molecule has 0 bridgehead atoms. The predicted octanol–water partition coefficient (Wildman–Crippen LogP) is 5.05. The summed E-state index contributed by atoms with van der Waals surface area (Å²) in [6.45, 7) is 16.3. The summed E-state index contributed by atoms with van der Waals surface area (Å²) in [5.41, 5.74) is 2.62. The van der Waals surface area contributed by atoms with E-state index in [1.165, 1.54) is 26.9 Å². The van der Waals surface area contributed by atoms with Gasteiger partial charge in [0.2, 0.25) is 0 Å². The Morgan fingerprint density at radius 2 is 1.39 bits per heavy atom. The minimum absolute atomic E-state index is 0.585. The average Bonchev–Trinajstić information content (AvgIpc) is 2.72. The first kappa shape index (κ1) is 25.9. The van der Waals surface area contributed by atoms with E-state index in [4.69, 9.17) is 4.74 Å². The lowest BCUT2D eigenvalue weighted by Crippen LogP contribution is -2.48. The van der Waals surface area contributed by atoms with Crippen LogP contribution >= 0.6 is 8.58 Å². The van der Waals surface area contributed by atoms with Crippen LogP contribution in [0.3, 0.4) is 0 Å². The fourth-order valence-corrected chi connectivity index (χ4v) is 8.25. The Balaban J connectivity index is 2.13. The van der Waals surface area contributed by atoms with Crippen molar-refractivity contribution in [3.05, 3.63) is 77.9 Å². The first-order chi connectivity index (χ1) is 15.4. The highest BCUT2D eigenvalue weighted by molar-refractivity contribution is 7.56. The molecule has 0 N–H and O–H groups in total. The first-order valence-electron chi connectivity index (χ1n) is 11.8. The van der Waals surface area contributed by atoms with Crippen molar-refractivity contribution in [1.82, 2.24) is 4.90 Å². The average molecular weight is 494 g/mol. The lowest BCUT2D eigenvalue weighted by atomic mass is 10.2. The van der Waals surface area contributed by atoms with E-state index in [0.29, 0.717) is 15.2 Å². The Labute approximate surface area is 205 Å². The summed E-state index contributed by atoms with van der Waals surface area (Å²) in [4.78, 5) is 2.25. The van der Waals surface area contributed by atoms with Crippen molar-refractivity contribution in [3.8, 4) is 5.75 Å². The van der Waals surface area contributed by atoms with Crippen LogP contribution in [0.25, 0.3) is 0 Å². The molecule has 0 amide bonds. The van der Waals surface area contributed by atoms with Gasteiger partial charge in [0, 0.05) is 11.8 Å². The fourth-order valence-electron chi connectivity index (χ4n) is 3.86. The summed E-state index contributed by atoms with van der Waals surface area (Å²) in [6, 6.07) is 24.4. The molecule has 0 radical (unpaired) electrons. The van der Waals surface area contributed by atoms with E-state index in [2.05, 4.69) is 125 Å². The molecule has 176 valence electrons. The molecule has 0 fully saturated rings. The van der Waals surface area contributed by atoms with Crippen LogP contribution in [-0.2, 0) is 13.2 Å². The number of nitrogens with zero attached hydrogens (tertiary/aromatic N) is 1. The lowest BCUT2D eigenvalue weighted by molar-refractivity contribution is 0.311. The molecule has 0 heterocycles. The maximum atomic E-state index is 6.69. The normalized spacial score (nSPS) is 12.6. The van der Waals surface area contributed by atoms with Crippen LogP contribution in [0.2, 0.25) is 39.3 Å². The van der Waals surface area contributed by atoms with Gasteiger partial charge in [-0.15, -0.1) is 0 Å². The largest absolute Gasteiger partial charge is 0.488 e. The summed E-state index contributed by atoms with van der Waals surface area (Å²) < 4.78 is 6.69. The number of hydrogen-bond acceptors (Lipinski definition) is 2. The Hall–Kier alpha value is -1.72. The van der Waals surface area contributed by atoms with Gasteiger partial charge in [-0.25, -0.2) is 0 Å². The first-order valence-corrected chi connectivity index (χ1v) is 19.8. The van der Waals surface area contributed by atoms with E-state index >= 15 is 0 Å². The molecule has 2 nitrogen and oxygen atoms in total. The summed E-state index contributed by atoms with van der Waals surface area (Å²) in [6.07, 6.45) is 0. The predicted molar refractivity (Wildman–Crippen MR) is 155 cm³/mol. The van der Waals surface area contributed by atoms with Gasteiger partial charge in [-0.3, -0.25) is 0 Å². The maximum Gasteiger partial charge on any atom is 0.126 e. The summed E-state index contributed by atoms with van der Waals surface area (Å²) in [5.74, 6) is 1.14. The van der Waals surface area contributed by atoms with Gasteiger partial charge in [0.15, 0.2) is 0 Å². The third-order valence-corrected chi connectivity index (χ3v) is 11.2. The van der Waals surface area contributed by atoms with E-state index < -0.39 is 16.1 Å². The molecule has 1 unspecified atom stereocenters. The van der Waals surface area contributed by atoms with Crippen LogP contribution in [0.5, 0.6) is 5.75 Å². The van der Waals surface area contributed by atoms with Crippen molar-refractivity contribution in [2.75, 3.05) is 14.1 Å². The molecule has 0 aliphatic carbocycles. The van der Waals surface area contributed by atoms with Gasteiger partial charge in [-0.1, -0.05) is 120 Å². The van der Waals surface area contributed by atoms with Gasteiger partial charge in [0.05, 0.1) is 16.1 Å². The van der Waals surface area contributed by atoms with E-state index in [1.807, 2.05) is 0 Å². The number of benzene rings is 3. The number of rotatable bonds is 9. The molecule has 3 aromatic carbocycles. The van der Waals surface area contributed by atoms with Crippen molar-refractivity contribution >= 4 is 45.7 Å². The molecule has 3 aromatic rings. The molecule has 33 heavy (non-hydrogen) atoms. The molecule has 5 heteroatoms. The van der Waals surface area contributed by atoms with Crippen molar-refractivity contribution in [2.24, 2.45) is 0 Å². The molecular weight excluding hydrogens is 453 g/mol. The molecular formula is C28H40NOPSi2. The summed E-state index contributed by atoms with van der Waals surface area (Å²) in [7, 11) is 1.77. The van der Waals surface area contributed by atoms with E-state index in [-0.39, 0.29) is 0 Å². The number of ether oxygens (including phenoxy) is 1. The van der Waals surface area contributed by atoms with Crippen molar-refractivity contribution in [2.45, 2.75) is 52.4 Å². The van der Waals surface area contributed by atoms with Gasteiger partial charge >= 0.3 is 0 Å². The van der Waals surface area contributed by atoms with Gasteiger partial charge < -0.3 is 9.64 Å². The van der Waals surface area contributed by atoms with Crippen LogP contribution in [0.15, 0.2) is 66.7 Å². The highest BCUT2D eigenvalue weighted by Crippen LogP contribution is 2.24. The van der Waals surface area contributed by atoms with Crippen molar-refractivity contribution in [3.63, 3.8) is 0 Å². The van der Waals surface area contributed by atoms with Gasteiger partial charge in [0.1, 0.15) is 12.4 Å². The van der Waals surface area contributed by atoms with Crippen LogP contribution in [0, 0.1) is 0 Å². The SMILES string of the molecule is CN(C)Cc1ccccc1Pc1cc([Si](C)(C)C)cc([Si](C)(C)C)c1OCc1ccccc1. The zero-order valence-electron chi connectivity index (χ0n) is 21.6. The van der Waals surface area contributed by atoms with Crippen LogP contribution in [-0.4, -0.2) is 35.1 Å². The second-order valence-corrected chi connectivity index (χ2v) is 22.6. The molecule has 0 aliphatic rings. The Kier molecular flexibility index (Phi) is 8.39. The second-order valence-electron chi connectivity index (χ2n) is 11.2. The van der Waals surface area contributed by atoms with Crippen LogP contribution in [0.1, 0.15) is 11.1 Å². The lowest BCUT2D eigenvalue weighted by Gasteiger charge is -2.28. The Morgan fingerprint density at radius 3 is 2.00 bits per heavy atom. The minimum atomic E-state index is -1.62. The standard InChI is InChI=1S/C28H40NOPSi2/c1-29(2)20-23-16-12-13-17-25(23)31-26-18-24(32(3,4)5)19-27(33(6,7)8)28(26)30-21-22-14-10-9-11-15-22/h9-19,31H,20-21H2,1-8H3. The van der Waals surface area contributed by atoms with Crippen molar-refractivity contribution in [1.29, 1.82) is 0 Å². The Bertz CT molecular complexity index is 1070. The van der Waals surface area contributed by atoms with Crippen LogP contribution in [0.4, 0.5) is 0 Å². The zero-order valence-corrected chi connectivity index (χ0v) is 24.6. The monoisotopic (exact) mass is 493 g/mol. The molecule has 0 spiro atoms. The molecule has 0 aliphatic heterocycles. The summed E-state index contributed by atoms with van der Waals surface area (Å²) >= 11 is 0. The van der Waals surface area contributed by atoms with Crippen molar-refractivity contribution < 1.29 is 4.74 Å². The van der Waals surface area contributed by atoms with Crippen LogP contribution < -0.4 is 25.7 Å². The number of hydrogen-bond donors (Lipinski definition) is 0. The molecule has 0 saturated heterocycles. The third-order valence-electron chi connectivity index (χ3n) is 5.76. The fraction of sp³-hybridized carbons (Fsp3) is 0.357. The van der Waals surface area contributed by atoms with Gasteiger partial charge in [-0.2, -0.15) is 0 Å². The zero-order chi connectivity index (χ0) is 24.2. The maximum absolute atomic E-state index is 6.69. The highest BCUT2D eigenvalue weighted by atomic mass is 31.1. The topological polar surface area (TPSA) is 12.5 Å². The Morgan fingerprint density at radius 1 is 0.758 bits per heavy atom. The van der Waals surface area contributed by atoms with E-state index in [9.17, 15) is 0 Å². The molecule has 1 atom stereocenters. The molecule has 0 aromatic heterocycles. The van der Waals surface area contributed by atoms with Gasteiger partial charge in [0.25, 0.3) is 0 Å².